The normalized spacial score (nSPS) is 16.6. The highest BCUT2D eigenvalue weighted by Crippen LogP contribution is 2.43. The first-order valence-electron chi connectivity index (χ1n) is 4.61. The van der Waals surface area contributed by atoms with Gasteiger partial charge in [0.15, 0.2) is 0 Å². The Morgan fingerprint density at radius 1 is 1.33 bits per heavy atom. The van der Waals surface area contributed by atoms with Crippen molar-refractivity contribution in [3.63, 3.8) is 0 Å². The Balaban J connectivity index is 3.78. The maximum atomic E-state index is 11.3. The van der Waals surface area contributed by atoms with Crippen molar-refractivity contribution in [2.24, 2.45) is 0 Å². The molecule has 0 aromatic heterocycles. The van der Waals surface area contributed by atoms with Crippen LogP contribution < -0.4 is 0 Å². The average Bonchev–Trinajstić information content (AvgIpc) is 2.01. The van der Waals surface area contributed by atoms with Crippen LogP contribution in [0.3, 0.4) is 0 Å². The van der Waals surface area contributed by atoms with E-state index in [1.165, 1.54) is 5.82 Å². The van der Waals surface area contributed by atoms with Crippen LogP contribution >= 0.6 is 7.37 Å². The number of unbranched alkanes of at least 4 members (excludes halogenated alkanes) is 2. The molecule has 1 atom stereocenters. The Labute approximate surface area is 75.1 Å². The molecule has 0 aliphatic rings. The molecule has 3 heteroatoms. The average molecular weight is 190 g/mol. The van der Waals surface area contributed by atoms with E-state index >= 15 is 0 Å². The van der Waals surface area contributed by atoms with Gasteiger partial charge in [0.1, 0.15) is 0 Å². The Hall–Kier alpha value is -0.0700. The molecule has 0 spiro atoms. The van der Waals surface area contributed by atoms with Gasteiger partial charge in [0.25, 0.3) is 0 Å². The van der Waals surface area contributed by atoms with Gasteiger partial charge in [-0.3, -0.25) is 4.57 Å². The molecule has 0 saturated heterocycles. The zero-order valence-corrected chi connectivity index (χ0v) is 8.89. The third kappa shape index (κ3) is 6.63. The second-order valence-corrected chi connectivity index (χ2v) is 5.26. The minimum atomic E-state index is -2.92. The van der Waals surface area contributed by atoms with Gasteiger partial charge >= 0.3 is 0 Å². The minimum absolute atomic E-state index is 0.434. The lowest BCUT2D eigenvalue weighted by atomic mass is 10.3. The van der Waals surface area contributed by atoms with Crippen molar-refractivity contribution >= 4 is 7.37 Å². The summed E-state index contributed by atoms with van der Waals surface area (Å²) in [6, 6.07) is 0. The van der Waals surface area contributed by atoms with Crippen LogP contribution in [0.1, 0.15) is 39.5 Å². The maximum absolute atomic E-state index is 11.3. The van der Waals surface area contributed by atoms with E-state index in [9.17, 15) is 9.46 Å². The quantitative estimate of drug-likeness (QED) is 0.652. The summed E-state index contributed by atoms with van der Waals surface area (Å²) in [6.45, 7) is 4.08. The second-order valence-electron chi connectivity index (χ2n) is 3.01. The zero-order valence-electron chi connectivity index (χ0n) is 7.99. The van der Waals surface area contributed by atoms with E-state index in [4.69, 9.17) is 0 Å². The third-order valence-corrected chi connectivity index (χ3v) is 3.26. The molecule has 2 nitrogen and oxygen atoms in total. The molecule has 72 valence electrons. The van der Waals surface area contributed by atoms with E-state index in [0.29, 0.717) is 6.16 Å². The topological polar surface area (TPSA) is 37.3 Å². The highest BCUT2D eigenvalue weighted by atomic mass is 31.2. The molecule has 0 aliphatic heterocycles. The van der Waals surface area contributed by atoms with Crippen LogP contribution in [0, 0.1) is 0 Å². The van der Waals surface area contributed by atoms with E-state index in [1.54, 1.807) is 0 Å². The van der Waals surface area contributed by atoms with Crippen molar-refractivity contribution in [3.8, 4) is 0 Å². The smallest absolute Gasteiger partial charge is 0.222 e. The highest BCUT2D eigenvalue weighted by molar-refractivity contribution is 7.61. The maximum Gasteiger partial charge on any atom is 0.222 e. The van der Waals surface area contributed by atoms with Gasteiger partial charge in [0, 0.05) is 6.16 Å². The summed E-state index contributed by atoms with van der Waals surface area (Å²) in [5.74, 6) is 1.49. The first-order valence-corrected chi connectivity index (χ1v) is 6.53. The fourth-order valence-corrected chi connectivity index (χ4v) is 2.26. The van der Waals surface area contributed by atoms with Crippen LogP contribution in [-0.2, 0) is 4.57 Å². The monoisotopic (exact) mass is 190 g/mol. The Morgan fingerprint density at radius 3 is 2.50 bits per heavy atom. The lowest BCUT2D eigenvalue weighted by Crippen LogP contribution is -1.84. The summed E-state index contributed by atoms with van der Waals surface area (Å²) >= 11 is 0. The van der Waals surface area contributed by atoms with Gasteiger partial charge in [0.2, 0.25) is 7.37 Å². The molecule has 1 unspecified atom stereocenters. The van der Waals surface area contributed by atoms with Gasteiger partial charge in [-0.05, 0) is 18.7 Å². The molecule has 0 rings (SSSR count). The van der Waals surface area contributed by atoms with Crippen LogP contribution in [0.15, 0.2) is 11.9 Å². The van der Waals surface area contributed by atoms with E-state index in [-0.39, 0.29) is 0 Å². The molecule has 0 bridgehead atoms. The van der Waals surface area contributed by atoms with Crippen molar-refractivity contribution in [1.29, 1.82) is 0 Å². The number of allylic oxidation sites excluding steroid dienone is 1. The van der Waals surface area contributed by atoms with Gasteiger partial charge in [-0.2, -0.15) is 0 Å². The van der Waals surface area contributed by atoms with E-state index in [0.717, 1.165) is 25.7 Å². The molecule has 0 saturated carbocycles. The van der Waals surface area contributed by atoms with Crippen LogP contribution in [0.25, 0.3) is 0 Å². The minimum Gasteiger partial charge on any atom is -0.341 e. The molecular formula is C9H19O2P. The standard InChI is InChI=1S/C9H19O2P/c1-3-5-7-9-12(10,11)8-6-4-2/h7,9H,3-6,8H2,1-2H3,(H,10,11). The molecule has 0 aromatic carbocycles. The summed E-state index contributed by atoms with van der Waals surface area (Å²) < 4.78 is 11.3. The first kappa shape index (κ1) is 11.9. The predicted octanol–water partition coefficient (Wildman–Crippen LogP) is 3.37. The number of hydrogen-bond acceptors (Lipinski definition) is 1. The number of rotatable bonds is 6. The van der Waals surface area contributed by atoms with Crippen molar-refractivity contribution in [3.05, 3.63) is 11.9 Å². The first-order chi connectivity index (χ1) is 5.62. The third-order valence-electron chi connectivity index (χ3n) is 1.63. The number of hydrogen-bond donors (Lipinski definition) is 1. The van der Waals surface area contributed by atoms with Crippen molar-refractivity contribution < 1.29 is 9.46 Å². The molecular weight excluding hydrogens is 171 g/mol. The Bertz CT molecular complexity index is 175. The fraction of sp³-hybridized carbons (Fsp3) is 0.778. The summed E-state index contributed by atoms with van der Waals surface area (Å²) in [5, 5.41) is 0. The molecule has 0 aromatic rings. The largest absolute Gasteiger partial charge is 0.341 e. The summed E-state index contributed by atoms with van der Waals surface area (Å²) in [7, 11) is -2.92. The SMILES string of the molecule is CCCC=CP(=O)(O)CCCC. The summed E-state index contributed by atoms with van der Waals surface area (Å²) in [4.78, 5) is 9.34. The summed E-state index contributed by atoms with van der Waals surface area (Å²) in [6.07, 6.45) is 6.00. The van der Waals surface area contributed by atoms with E-state index in [1.807, 2.05) is 13.0 Å². The van der Waals surface area contributed by atoms with Crippen LogP contribution in [-0.4, -0.2) is 11.1 Å². The molecule has 0 amide bonds. The van der Waals surface area contributed by atoms with Crippen LogP contribution in [0.4, 0.5) is 0 Å². The van der Waals surface area contributed by atoms with Crippen LogP contribution in [0.5, 0.6) is 0 Å². The van der Waals surface area contributed by atoms with Gasteiger partial charge in [-0.15, -0.1) is 0 Å². The van der Waals surface area contributed by atoms with Gasteiger partial charge in [-0.25, -0.2) is 0 Å². The highest BCUT2D eigenvalue weighted by Gasteiger charge is 2.11. The molecule has 12 heavy (non-hydrogen) atoms. The predicted molar refractivity (Wildman–Crippen MR) is 53.6 cm³/mol. The van der Waals surface area contributed by atoms with Gasteiger partial charge in [-0.1, -0.05) is 32.8 Å². The lowest BCUT2D eigenvalue weighted by Gasteiger charge is -2.04. The second kappa shape index (κ2) is 6.45. The van der Waals surface area contributed by atoms with Crippen LogP contribution in [0.2, 0.25) is 0 Å². The zero-order chi connectivity index (χ0) is 9.45. The Kier molecular flexibility index (Phi) is 6.41. The van der Waals surface area contributed by atoms with Gasteiger partial charge < -0.3 is 4.89 Å². The lowest BCUT2D eigenvalue weighted by molar-refractivity contribution is 0.486. The molecule has 0 aliphatic carbocycles. The fourth-order valence-electron chi connectivity index (χ4n) is 0.865. The molecule has 0 heterocycles. The molecule has 1 N–H and O–H groups in total. The summed E-state index contributed by atoms with van der Waals surface area (Å²) in [5.41, 5.74) is 0. The van der Waals surface area contributed by atoms with E-state index < -0.39 is 7.37 Å². The Morgan fingerprint density at radius 2 is 2.00 bits per heavy atom. The van der Waals surface area contributed by atoms with Crippen molar-refractivity contribution in [1.82, 2.24) is 0 Å². The molecule has 0 fully saturated rings. The van der Waals surface area contributed by atoms with Crippen molar-refractivity contribution in [2.45, 2.75) is 39.5 Å². The van der Waals surface area contributed by atoms with E-state index in [2.05, 4.69) is 6.92 Å². The molecule has 0 radical (unpaired) electrons. The van der Waals surface area contributed by atoms with Crippen molar-refractivity contribution in [2.75, 3.05) is 6.16 Å². The van der Waals surface area contributed by atoms with Gasteiger partial charge in [0.05, 0.1) is 0 Å².